The van der Waals surface area contributed by atoms with E-state index >= 15 is 0 Å². The smallest absolute Gasteiger partial charge is 0.308 e. The standard InChI is InChI=1S/C18H31N5O3.HI/c1-6-25-15(24)12-7-9-13(10-8-12)21-17(19-5)20-11-14-22-16(26-23-14)18(2,3)4;/h12-13H,6-11H2,1-5H3,(H2,19,20,21);1H. The number of rotatable bonds is 5. The van der Waals surface area contributed by atoms with Crippen LogP contribution < -0.4 is 10.6 Å². The van der Waals surface area contributed by atoms with Crippen LogP contribution >= 0.6 is 24.0 Å². The maximum Gasteiger partial charge on any atom is 0.308 e. The van der Waals surface area contributed by atoms with Gasteiger partial charge in [-0.05, 0) is 32.6 Å². The molecule has 1 heterocycles. The van der Waals surface area contributed by atoms with E-state index in [0.717, 1.165) is 25.7 Å². The van der Waals surface area contributed by atoms with Crippen molar-refractivity contribution in [1.29, 1.82) is 0 Å². The van der Waals surface area contributed by atoms with Crippen LogP contribution in [0.5, 0.6) is 0 Å². The molecule has 0 atom stereocenters. The van der Waals surface area contributed by atoms with Crippen LogP contribution in [0.25, 0.3) is 0 Å². The minimum absolute atomic E-state index is 0. The quantitative estimate of drug-likeness (QED) is 0.282. The molecule has 1 saturated carbocycles. The molecule has 27 heavy (non-hydrogen) atoms. The average molecular weight is 493 g/mol. The Kier molecular flexibility index (Phi) is 9.48. The summed E-state index contributed by atoms with van der Waals surface area (Å²) in [6.07, 6.45) is 3.52. The lowest BCUT2D eigenvalue weighted by molar-refractivity contribution is -0.149. The van der Waals surface area contributed by atoms with Crippen LogP contribution in [0.15, 0.2) is 9.52 Å². The van der Waals surface area contributed by atoms with Crippen molar-refractivity contribution in [2.45, 2.75) is 71.4 Å². The molecule has 0 amide bonds. The van der Waals surface area contributed by atoms with Crippen LogP contribution in [0, 0.1) is 5.92 Å². The number of guanidine groups is 1. The van der Waals surface area contributed by atoms with Crippen molar-refractivity contribution in [3.05, 3.63) is 11.7 Å². The van der Waals surface area contributed by atoms with Crippen LogP contribution in [-0.2, 0) is 21.5 Å². The molecule has 1 fully saturated rings. The lowest BCUT2D eigenvalue weighted by Gasteiger charge is -2.28. The Morgan fingerprint density at radius 3 is 2.48 bits per heavy atom. The molecule has 0 bridgehead atoms. The minimum Gasteiger partial charge on any atom is -0.466 e. The van der Waals surface area contributed by atoms with Crippen LogP contribution in [-0.4, -0.2) is 41.8 Å². The highest BCUT2D eigenvalue weighted by Crippen LogP contribution is 2.25. The number of hydrogen-bond donors (Lipinski definition) is 2. The molecule has 1 aliphatic rings. The van der Waals surface area contributed by atoms with Gasteiger partial charge in [-0.1, -0.05) is 25.9 Å². The molecule has 0 aliphatic heterocycles. The molecule has 1 aliphatic carbocycles. The Morgan fingerprint density at radius 1 is 1.30 bits per heavy atom. The third-order valence-electron chi connectivity index (χ3n) is 4.44. The summed E-state index contributed by atoms with van der Waals surface area (Å²) in [5, 5.41) is 10.6. The molecule has 0 spiro atoms. The maximum absolute atomic E-state index is 11.8. The molecule has 8 nitrogen and oxygen atoms in total. The maximum atomic E-state index is 11.8. The molecular formula is C18H32IN5O3. The number of aromatic nitrogens is 2. The van der Waals surface area contributed by atoms with E-state index in [1.54, 1.807) is 7.05 Å². The first kappa shape index (κ1) is 23.6. The van der Waals surface area contributed by atoms with E-state index in [4.69, 9.17) is 9.26 Å². The largest absolute Gasteiger partial charge is 0.466 e. The molecule has 0 aromatic carbocycles. The van der Waals surface area contributed by atoms with E-state index in [9.17, 15) is 4.79 Å². The number of aliphatic imine (C=N–C) groups is 1. The van der Waals surface area contributed by atoms with Gasteiger partial charge in [0.05, 0.1) is 19.1 Å². The Morgan fingerprint density at radius 2 is 1.96 bits per heavy atom. The van der Waals surface area contributed by atoms with Crippen LogP contribution in [0.1, 0.15) is 65.1 Å². The van der Waals surface area contributed by atoms with Crippen LogP contribution in [0.2, 0.25) is 0 Å². The zero-order valence-corrected chi connectivity index (χ0v) is 19.2. The number of carbonyl (C=O) groups is 1. The summed E-state index contributed by atoms with van der Waals surface area (Å²) in [5.41, 5.74) is -0.164. The molecule has 2 rings (SSSR count). The van der Waals surface area contributed by atoms with Gasteiger partial charge < -0.3 is 19.9 Å². The number of halogens is 1. The summed E-state index contributed by atoms with van der Waals surface area (Å²) in [5.74, 6) is 1.88. The lowest BCUT2D eigenvalue weighted by Crippen LogP contribution is -2.45. The number of nitrogens with zero attached hydrogens (tertiary/aromatic N) is 3. The third-order valence-corrected chi connectivity index (χ3v) is 4.44. The second kappa shape index (κ2) is 10.8. The summed E-state index contributed by atoms with van der Waals surface area (Å²) >= 11 is 0. The Hall–Kier alpha value is -1.39. The van der Waals surface area contributed by atoms with Gasteiger partial charge in [-0.25, -0.2) is 0 Å². The molecule has 1 aromatic heterocycles. The van der Waals surface area contributed by atoms with E-state index in [2.05, 4.69) is 25.8 Å². The van der Waals surface area contributed by atoms with Gasteiger partial charge in [0.15, 0.2) is 11.8 Å². The van der Waals surface area contributed by atoms with E-state index in [1.807, 2.05) is 27.7 Å². The summed E-state index contributed by atoms with van der Waals surface area (Å²) in [4.78, 5) is 20.5. The summed E-state index contributed by atoms with van der Waals surface area (Å²) in [6, 6.07) is 0.294. The second-order valence-electron chi connectivity index (χ2n) is 7.64. The van der Waals surface area contributed by atoms with E-state index in [0.29, 0.717) is 36.9 Å². The summed E-state index contributed by atoms with van der Waals surface area (Å²) in [7, 11) is 1.73. The van der Waals surface area contributed by atoms with Gasteiger partial charge in [0.1, 0.15) is 0 Å². The minimum atomic E-state index is -0.164. The number of nitrogens with one attached hydrogen (secondary N) is 2. The fourth-order valence-electron chi connectivity index (χ4n) is 2.91. The normalized spacial score (nSPS) is 20.6. The van der Waals surface area contributed by atoms with Crippen molar-refractivity contribution in [2.24, 2.45) is 10.9 Å². The van der Waals surface area contributed by atoms with E-state index in [-0.39, 0.29) is 41.3 Å². The summed E-state index contributed by atoms with van der Waals surface area (Å²) in [6.45, 7) is 8.83. The highest BCUT2D eigenvalue weighted by Gasteiger charge is 2.27. The molecular weight excluding hydrogens is 461 g/mol. The second-order valence-corrected chi connectivity index (χ2v) is 7.64. The predicted octanol–water partition coefficient (Wildman–Crippen LogP) is 2.77. The summed E-state index contributed by atoms with van der Waals surface area (Å²) < 4.78 is 10.4. The predicted molar refractivity (Wildman–Crippen MR) is 114 cm³/mol. The van der Waals surface area contributed by atoms with Gasteiger partial charge >= 0.3 is 5.97 Å². The number of carbonyl (C=O) groups excluding carboxylic acids is 1. The van der Waals surface area contributed by atoms with Crippen molar-refractivity contribution in [3.63, 3.8) is 0 Å². The average Bonchev–Trinajstić information content (AvgIpc) is 3.08. The molecule has 2 N–H and O–H groups in total. The van der Waals surface area contributed by atoms with Crippen molar-refractivity contribution >= 4 is 35.9 Å². The first-order valence-corrected chi connectivity index (χ1v) is 9.30. The van der Waals surface area contributed by atoms with Gasteiger partial charge in [-0.3, -0.25) is 9.79 Å². The Balaban J connectivity index is 0.00000364. The molecule has 154 valence electrons. The van der Waals surface area contributed by atoms with Crippen LogP contribution in [0.4, 0.5) is 0 Å². The molecule has 0 saturated heterocycles. The fraction of sp³-hybridized carbons (Fsp3) is 0.778. The van der Waals surface area contributed by atoms with Crippen molar-refractivity contribution in [3.8, 4) is 0 Å². The molecule has 0 radical (unpaired) electrons. The molecule has 0 unspecified atom stereocenters. The van der Waals surface area contributed by atoms with Gasteiger partial charge in [0.2, 0.25) is 5.89 Å². The van der Waals surface area contributed by atoms with Crippen molar-refractivity contribution in [1.82, 2.24) is 20.8 Å². The zero-order chi connectivity index (χ0) is 19.2. The monoisotopic (exact) mass is 493 g/mol. The Labute approximate surface area is 178 Å². The SMILES string of the molecule is CCOC(=O)C1CCC(NC(=NC)NCc2noc(C(C)(C)C)n2)CC1.I. The number of esters is 1. The van der Waals surface area contributed by atoms with E-state index < -0.39 is 0 Å². The van der Waals surface area contributed by atoms with Crippen molar-refractivity contribution in [2.75, 3.05) is 13.7 Å². The van der Waals surface area contributed by atoms with E-state index in [1.165, 1.54) is 0 Å². The Bertz CT molecular complexity index is 619. The van der Waals surface area contributed by atoms with Gasteiger partial charge in [0, 0.05) is 18.5 Å². The molecule has 1 aromatic rings. The van der Waals surface area contributed by atoms with Gasteiger partial charge in [0.25, 0.3) is 0 Å². The van der Waals surface area contributed by atoms with Crippen LogP contribution in [0.3, 0.4) is 0 Å². The lowest BCUT2D eigenvalue weighted by atomic mass is 9.86. The van der Waals surface area contributed by atoms with Crippen molar-refractivity contribution < 1.29 is 14.1 Å². The number of hydrogen-bond acceptors (Lipinski definition) is 6. The topological polar surface area (TPSA) is 102 Å². The first-order valence-electron chi connectivity index (χ1n) is 9.30. The highest BCUT2D eigenvalue weighted by molar-refractivity contribution is 14.0. The molecule has 9 heteroatoms. The zero-order valence-electron chi connectivity index (χ0n) is 16.9. The highest BCUT2D eigenvalue weighted by atomic mass is 127. The third kappa shape index (κ3) is 7.27. The van der Waals surface area contributed by atoms with Gasteiger partial charge in [-0.2, -0.15) is 4.98 Å². The van der Waals surface area contributed by atoms with Gasteiger partial charge in [-0.15, -0.1) is 24.0 Å². The first-order chi connectivity index (χ1) is 12.3. The number of ether oxygens (including phenoxy) is 1. The fourth-order valence-corrected chi connectivity index (χ4v) is 2.91.